The van der Waals surface area contributed by atoms with E-state index in [2.05, 4.69) is 32.2 Å². The number of hydrogen-bond donors (Lipinski definition) is 2. The van der Waals surface area contributed by atoms with Gasteiger partial charge in [-0.15, -0.1) is 0 Å². The van der Waals surface area contributed by atoms with E-state index in [1.165, 1.54) is 0 Å². The van der Waals surface area contributed by atoms with E-state index in [1.807, 2.05) is 24.6 Å². The summed E-state index contributed by atoms with van der Waals surface area (Å²) in [7, 11) is 1.91. The van der Waals surface area contributed by atoms with E-state index >= 15 is 0 Å². The van der Waals surface area contributed by atoms with Gasteiger partial charge in [-0.25, -0.2) is 0 Å². The molecule has 2 N–H and O–H groups in total. The number of aliphatic hydroxyl groups is 1. The molecule has 1 heterocycles. The van der Waals surface area contributed by atoms with Crippen molar-refractivity contribution in [2.45, 2.75) is 46.7 Å². The lowest BCUT2D eigenvalue weighted by Gasteiger charge is -2.31. The maximum absolute atomic E-state index is 9.15. The summed E-state index contributed by atoms with van der Waals surface area (Å²) in [5.41, 5.74) is 3.04. The average Bonchev–Trinajstić information content (AvgIpc) is 2.60. The second kappa shape index (κ2) is 6.23. The number of hydrogen-bond acceptors (Lipinski definition) is 3. The highest BCUT2D eigenvalue weighted by molar-refractivity contribution is 5.34. The smallest absolute Gasteiger partial charge is 0.120 e. The molecular formula is C15H25N3O. The third-order valence-electron chi connectivity index (χ3n) is 3.76. The molecule has 0 spiro atoms. The highest BCUT2D eigenvalue weighted by Crippen LogP contribution is 2.22. The number of nitriles is 1. The van der Waals surface area contributed by atoms with E-state index < -0.39 is 0 Å². The molecule has 4 nitrogen and oxygen atoms in total. The Kier molecular flexibility index (Phi) is 5.16. The molecule has 0 bridgehead atoms. The second-order valence-corrected chi connectivity index (χ2v) is 6.12. The van der Waals surface area contributed by atoms with Gasteiger partial charge in [-0.05, 0) is 30.4 Å². The number of aromatic nitrogens is 1. The summed E-state index contributed by atoms with van der Waals surface area (Å²) >= 11 is 0. The molecule has 0 amide bonds. The van der Waals surface area contributed by atoms with Gasteiger partial charge in [0.15, 0.2) is 0 Å². The molecule has 0 fully saturated rings. The molecule has 1 unspecified atom stereocenters. The summed E-state index contributed by atoms with van der Waals surface area (Å²) in [6, 6.07) is 4.38. The zero-order valence-electron chi connectivity index (χ0n) is 12.6. The third-order valence-corrected chi connectivity index (χ3v) is 3.76. The first kappa shape index (κ1) is 15.7. The maximum Gasteiger partial charge on any atom is 0.120 e. The van der Waals surface area contributed by atoms with Gasteiger partial charge < -0.3 is 15.0 Å². The van der Waals surface area contributed by atoms with Crippen molar-refractivity contribution in [3.63, 3.8) is 0 Å². The molecule has 1 atom stereocenters. The van der Waals surface area contributed by atoms with Gasteiger partial charge in [0, 0.05) is 31.9 Å². The topological polar surface area (TPSA) is 61.0 Å². The Morgan fingerprint density at radius 2 is 2.11 bits per heavy atom. The number of rotatable bonds is 5. The van der Waals surface area contributed by atoms with Crippen LogP contribution in [0.15, 0.2) is 6.07 Å². The first-order chi connectivity index (χ1) is 8.81. The van der Waals surface area contributed by atoms with Crippen LogP contribution < -0.4 is 5.32 Å². The van der Waals surface area contributed by atoms with E-state index in [0.29, 0.717) is 5.69 Å². The lowest BCUT2D eigenvalue weighted by atomic mass is 9.85. The van der Waals surface area contributed by atoms with Crippen LogP contribution in [-0.2, 0) is 13.6 Å². The van der Waals surface area contributed by atoms with E-state index in [1.54, 1.807) is 0 Å². The Morgan fingerprint density at radius 1 is 1.47 bits per heavy atom. The van der Waals surface area contributed by atoms with Gasteiger partial charge in [0.1, 0.15) is 11.8 Å². The molecule has 106 valence electrons. The van der Waals surface area contributed by atoms with Gasteiger partial charge in [0.25, 0.3) is 0 Å². The molecule has 0 aliphatic carbocycles. The van der Waals surface area contributed by atoms with E-state index in [-0.39, 0.29) is 18.1 Å². The summed E-state index contributed by atoms with van der Waals surface area (Å²) in [5, 5.41) is 21.7. The second-order valence-electron chi connectivity index (χ2n) is 6.12. The van der Waals surface area contributed by atoms with Crippen LogP contribution in [0.3, 0.4) is 0 Å². The van der Waals surface area contributed by atoms with Crippen molar-refractivity contribution in [2.75, 3.05) is 6.61 Å². The largest absolute Gasteiger partial charge is 0.396 e. The average molecular weight is 263 g/mol. The van der Waals surface area contributed by atoms with Gasteiger partial charge in [-0.1, -0.05) is 20.8 Å². The normalized spacial score (nSPS) is 13.3. The summed E-state index contributed by atoms with van der Waals surface area (Å²) < 4.78 is 1.91. The molecule has 0 aliphatic heterocycles. The van der Waals surface area contributed by atoms with Crippen molar-refractivity contribution in [2.24, 2.45) is 12.5 Å². The van der Waals surface area contributed by atoms with Crippen LogP contribution >= 0.6 is 0 Å². The van der Waals surface area contributed by atoms with Crippen molar-refractivity contribution in [1.29, 1.82) is 5.26 Å². The van der Waals surface area contributed by atoms with Crippen LogP contribution in [0.4, 0.5) is 0 Å². The lowest BCUT2D eigenvalue weighted by Crippen LogP contribution is -2.40. The van der Waals surface area contributed by atoms with Gasteiger partial charge in [0.2, 0.25) is 0 Å². The summed E-state index contributed by atoms with van der Waals surface area (Å²) in [5.74, 6) is 0. The van der Waals surface area contributed by atoms with Crippen molar-refractivity contribution in [1.82, 2.24) is 9.88 Å². The molecule has 1 rings (SSSR count). The molecule has 4 heteroatoms. The van der Waals surface area contributed by atoms with Gasteiger partial charge in [0.05, 0.1) is 0 Å². The zero-order valence-corrected chi connectivity index (χ0v) is 12.6. The molecule has 0 aliphatic rings. The highest BCUT2D eigenvalue weighted by Gasteiger charge is 2.23. The van der Waals surface area contributed by atoms with Crippen LogP contribution in [0.2, 0.25) is 0 Å². The molecule has 0 saturated carbocycles. The zero-order chi connectivity index (χ0) is 14.6. The SMILES string of the molecule is Cc1c(CNC(CCO)C(C)(C)C)cc(C#N)n1C. The fourth-order valence-corrected chi connectivity index (χ4v) is 2.25. The first-order valence-electron chi connectivity index (χ1n) is 6.70. The van der Waals surface area contributed by atoms with Crippen molar-refractivity contribution in [3.05, 3.63) is 23.0 Å². The van der Waals surface area contributed by atoms with E-state index in [9.17, 15) is 0 Å². The molecular weight excluding hydrogens is 238 g/mol. The van der Waals surface area contributed by atoms with Crippen molar-refractivity contribution < 1.29 is 5.11 Å². The van der Waals surface area contributed by atoms with Crippen LogP contribution in [0, 0.1) is 23.7 Å². The molecule has 0 saturated heterocycles. The Bertz CT molecular complexity index is 463. The summed E-state index contributed by atoms with van der Waals surface area (Å²) in [6.07, 6.45) is 0.737. The van der Waals surface area contributed by atoms with Gasteiger partial charge in [-0.2, -0.15) is 5.26 Å². The predicted molar refractivity (Wildman–Crippen MR) is 76.7 cm³/mol. The minimum Gasteiger partial charge on any atom is -0.396 e. The number of nitrogens with zero attached hydrogens (tertiary/aromatic N) is 2. The Morgan fingerprint density at radius 3 is 2.53 bits per heavy atom. The van der Waals surface area contributed by atoms with Crippen LogP contribution in [0.25, 0.3) is 0 Å². The molecule has 19 heavy (non-hydrogen) atoms. The fourth-order valence-electron chi connectivity index (χ4n) is 2.25. The lowest BCUT2D eigenvalue weighted by molar-refractivity contribution is 0.196. The Labute approximate surface area is 116 Å². The monoisotopic (exact) mass is 263 g/mol. The third kappa shape index (κ3) is 3.82. The van der Waals surface area contributed by atoms with Crippen LogP contribution in [0.1, 0.15) is 44.1 Å². The van der Waals surface area contributed by atoms with Gasteiger partial charge in [-0.3, -0.25) is 0 Å². The Balaban J connectivity index is 2.78. The van der Waals surface area contributed by atoms with Crippen LogP contribution in [-0.4, -0.2) is 22.3 Å². The van der Waals surface area contributed by atoms with E-state index in [4.69, 9.17) is 10.4 Å². The summed E-state index contributed by atoms with van der Waals surface area (Å²) in [4.78, 5) is 0. The number of aliphatic hydroxyl groups excluding tert-OH is 1. The van der Waals surface area contributed by atoms with Crippen LogP contribution in [0.5, 0.6) is 0 Å². The van der Waals surface area contributed by atoms with Gasteiger partial charge >= 0.3 is 0 Å². The quantitative estimate of drug-likeness (QED) is 0.855. The number of nitrogens with one attached hydrogen (secondary N) is 1. The minimum absolute atomic E-state index is 0.101. The first-order valence-corrected chi connectivity index (χ1v) is 6.70. The highest BCUT2D eigenvalue weighted by atomic mass is 16.3. The van der Waals surface area contributed by atoms with Crippen molar-refractivity contribution >= 4 is 0 Å². The predicted octanol–water partition coefficient (Wildman–Crippen LogP) is 2.09. The minimum atomic E-state index is 0.101. The molecule has 1 aromatic rings. The molecule has 0 aromatic carbocycles. The fraction of sp³-hybridized carbons (Fsp3) is 0.667. The van der Waals surface area contributed by atoms with E-state index in [0.717, 1.165) is 24.2 Å². The Hall–Kier alpha value is -1.31. The molecule has 0 radical (unpaired) electrons. The summed E-state index contributed by atoms with van der Waals surface area (Å²) in [6.45, 7) is 9.43. The molecule has 1 aromatic heterocycles. The van der Waals surface area contributed by atoms with Crippen molar-refractivity contribution in [3.8, 4) is 6.07 Å². The standard InChI is InChI=1S/C15H25N3O/c1-11-12(8-13(9-16)18(11)5)10-17-14(6-7-19)15(2,3)4/h8,14,17,19H,6-7,10H2,1-5H3. The maximum atomic E-state index is 9.15.